The van der Waals surface area contributed by atoms with E-state index in [9.17, 15) is 9.18 Å². The van der Waals surface area contributed by atoms with Crippen LogP contribution in [0.15, 0.2) is 36.5 Å². The van der Waals surface area contributed by atoms with Gasteiger partial charge in [0.2, 0.25) is 0 Å². The summed E-state index contributed by atoms with van der Waals surface area (Å²) in [4.78, 5) is 29.1. The minimum absolute atomic E-state index is 0.0924. The van der Waals surface area contributed by atoms with Crippen molar-refractivity contribution in [3.05, 3.63) is 64.2 Å². The number of carbonyl (C=O) groups is 1. The van der Waals surface area contributed by atoms with Crippen LogP contribution in [0, 0.1) is 19.7 Å². The molecule has 0 bridgehead atoms. The number of aryl methyl sites for hydroxylation is 2. The first kappa shape index (κ1) is 23.3. The molecule has 0 radical (unpaired) electrons. The van der Waals surface area contributed by atoms with Crippen LogP contribution >= 0.6 is 11.3 Å². The van der Waals surface area contributed by atoms with Crippen molar-refractivity contribution in [3.8, 4) is 17.1 Å². The number of ketones is 1. The van der Waals surface area contributed by atoms with Crippen molar-refractivity contribution >= 4 is 33.0 Å². The number of rotatable bonds is 6. The fraction of sp³-hybridized carbons (Fsp3) is 0.308. The molecule has 0 aliphatic carbocycles. The molecule has 1 saturated heterocycles. The van der Waals surface area contributed by atoms with Gasteiger partial charge in [0.15, 0.2) is 11.6 Å². The van der Waals surface area contributed by atoms with Gasteiger partial charge in [0, 0.05) is 31.7 Å². The van der Waals surface area contributed by atoms with Crippen molar-refractivity contribution < 1.29 is 13.9 Å². The number of Topliss-reactive ketones (excluding diaryl/α,β-unsaturated/α-hetero) is 1. The van der Waals surface area contributed by atoms with E-state index in [4.69, 9.17) is 15.5 Å². The normalized spacial score (nSPS) is 15.7. The van der Waals surface area contributed by atoms with Gasteiger partial charge in [-0.25, -0.2) is 19.3 Å². The Morgan fingerprint density at radius 1 is 1.29 bits per heavy atom. The fourth-order valence-corrected chi connectivity index (χ4v) is 5.56. The highest BCUT2D eigenvalue weighted by molar-refractivity contribution is 7.18. The number of nitrogens with zero attached hydrogens (tertiary/aromatic N) is 4. The first-order valence-corrected chi connectivity index (χ1v) is 12.3. The molecule has 3 heterocycles. The summed E-state index contributed by atoms with van der Waals surface area (Å²) in [6.45, 7) is 5.58. The number of hydrogen-bond donors (Lipinski definition) is 1. The van der Waals surface area contributed by atoms with Gasteiger partial charge in [0.1, 0.15) is 22.8 Å². The number of carbonyl (C=O) groups excluding carboxylic acids is 1. The van der Waals surface area contributed by atoms with E-state index < -0.39 is 5.82 Å². The monoisotopic (exact) mass is 491 g/mol. The molecule has 0 amide bonds. The van der Waals surface area contributed by atoms with Crippen molar-refractivity contribution in [2.24, 2.45) is 5.73 Å². The van der Waals surface area contributed by atoms with Gasteiger partial charge >= 0.3 is 0 Å². The Hall–Kier alpha value is -3.43. The van der Waals surface area contributed by atoms with E-state index in [1.165, 1.54) is 19.4 Å². The van der Waals surface area contributed by atoms with Gasteiger partial charge in [-0.3, -0.25) is 4.79 Å². The smallest absolute Gasteiger partial charge is 0.185 e. The quantitative estimate of drug-likeness (QED) is 0.398. The zero-order valence-electron chi connectivity index (χ0n) is 19.8. The summed E-state index contributed by atoms with van der Waals surface area (Å²) in [5, 5.41) is 0.982. The topological polar surface area (TPSA) is 94.2 Å². The molecule has 180 valence electrons. The van der Waals surface area contributed by atoms with Crippen LogP contribution in [-0.4, -0.2) is 47.0 Å². The standard InChI is InChI=1S/C26H26FN5O2S/c1-14-11-16(24(32-10-8-17(28)13-32)23-25(14)35-15(2)30-23)12-20(33)19-7-9-29-26(31-19)22-18(27)5-4-6-21(22)34-3/h4-7,9,11,17H,8,10,12-13,28H2,1-3H3/t17-/m0/s1. The summed E-state index contributed by atoms with van der Waals surface area (Å²) in [7, 11) is 1.46. The molecule has 2 N–H and O–H groups in total. The summed E-state index contributed by atoms with van der Waals surface area (Å²) in [5.41, 5.74) is 10.4. The minimum atomic E-state index is -0.512. The van der Waals surface area contributed by atoms with Gasteiger partial charge in [-0.05, 0) is 49.6 Å². The van der Waals surface area contributed by atoms with Crippen molar-refractivity contribution in [2.75, 3.05) is 25.1 Å². The largest absolute Gasteiger partial charge is 0.496 e. The molecular formula is C26H26FN5O2S. The summed E-state index contributed by atoms with van der Waals surface area (Å²) in [5.74, 6) is -0.276. The molecule has 1 aliphatic rings. The van der Waals surface area contributed by atoms with Crippen LogP contribution in [0.3, 0.4) is 0 Å². The third kappa shape index (κ3) is 4.37. The molecule has 2 aromatic carbocycles. The molecule has 9 heteroatoms. The van der Waals surface area contributed by atoms with Gasteiger partial charge in [-0.1, -0.05) is 12.1 Å². The van der Waals surface area contributed by atoms with Crippen LogP contribution < -0.4 is 15.4 Å². The number of benzene rings is 2. The van der Waals surface area contributed by atoms with Crippen LogP contribution in [0.2, 0.25) is 0 Å². The lowest BCUT2D eigenvalue weighted by Crippen LogP contribution is -2.27. The van der Waals surface area contributed by atoms with Gasteiger partial charge in [-0.15, -0.1) is 11.3 Å². The lowest BCUT2D eigenvalue weighted by Gasteiger charge is -2.23. The average molecular weight is 492 g/mol. The SMILES string of the molecule is COc1cccc(F)c1-c1nccc(C(=O)Cc2cc(C)c3sc(C)nc3c2N2CC[C@H](N)C2)n1. The van der Waals surface area contributed by atoms with E-state index in [1.807, 2.05) is 13.8 Å². The first-order chi connectivity index (χ1) is 16.9. The van der Waals surface area contributed by atoms with Crippen LogP contribution in [0.1, 0.15) is 33.0 Å². The number of thiazole rings is 1. The lowest BCUT2D eigenvalue weighted by molar-refractivity contribution is 0.0988. The summed E-state index contributed by atoms with van der Waals surface area (Å²) in [6, 6.07) is 8.22. The lowest BCUT2D eigenvalue weighted by atomic mass is 10.0. The van der Waals surface area contributed by atoms with Gasteiger partial charge in [0.25, 0.3) is 0 Å². The maximum absolute atomic E-state index is 14.6. The Morgan fingerprint density at radius 2 is 2.11 bits per heavy atom. The molecule has 0 unspecified atom stereocenters. The van der Waals surface area contributed by atoms with Crippen LogP contribution in [0.4, 0.5) is 10.1 Å². The first-order valence-electron chi connectivity index (χ1n) is 11.4. The molecule has 0 saturated carbocycles. The number of aromatic nitrogens is 3. The number of halogens is 1. The van der Waals surface area contributed by atoms with Crippen molar-refractivity contribution in [2.45, 2.75) is 32.7 Å². The number of nitrogens with two attached hydrogens (primary N) is 1. The van der Waals surface area contributed by atoms with E-state index in [2.05, 4.69) is 20.9 Å². The Bertz CT molecular complexity index is 1440. The van der Waals surface area contributed by atoms with Crippen LogP contribution in [-0.2, 0) is 6.42 Å². The Balaban J connectivity index is 1.54. The second-order valence-corrected chi connectivity index (χ2v) is 9.99. The molecule has 7 nitrogen and oxygen atoms in total. The molecule has 4 aromatic rings. The molecule has 35 heavy (non-hydrogen) atoms. The van der Waals surface area contributed by atoms with Crippen molar-refractivity contribution in [1.29, 1.82) is 0 Å². The fourth-order valence-electron chi connectivity index (χ4n) is 4.67. The molecular weight excluding hydrogens is 465 g/mol. The Kier molecular flexibility index (Phi) is 6.21. The second kappa shape index (κ2) is 9.31. The van der Waals surface area contributed by atoms with E-state index >= 15 is 0 Å². The number of methoxy groups -OCH3 is 1. The highest BCUT2D eigenvalue weighted by Crippen LogP contribution is 2.38. The minimum Gasteiger partial charge on any atom is -0.496 e. The van der Waals surface area contributed by atoms with Gasteiger partial charge < -0.3 is 15.4 Å². The Labute approximate surface area is 206 Å². The van der Waals surface area contributed by atoms with Crippen LogP contribution in [0.5, 0.6) is 5.75 Å². The third-order valence-corrected chi connectivity index (χ3v) is 7.37. The molecule has 2 aromatic heterocycles. The second-order valence-electron chi connectivity index (χ2n) is 8.79. The van der Waals surface area contributed by atoms with E-state index in [0.717, 1.165) is 51.5 Å². The molecule has 1 fully saturated rings. The predicted molar refractivity (Wildman–Crippen MR) is 136 cm³/mol. The predicted octanol–water partition coefficient (Wildman–Crippen LogP) is 4.48. The Morgan fingerprint density at radius 3 is 2.86 bits per heavy atom. The van der Waals surface area contributed by atoms with Crippen molar-refractivity contribution in [1.82, 2.24) is 15.0 Å². The van der Waals surface area contributed by atoms with E-state index in [-0.39, 0.29) is 35.3 Å². The van der Waals surface area contributed by atoms with Gasteiger partial charge in [-0.2, -0.15) is 0 Å². The summed E-state index contributed by atoms with van der Waals surface area (Å²) < 4.78 is 21.0. The summed E-state index contributed by atoms with van der Waals surface area (Å²) in [6.07, 6.45) is 2.50. The van der Waals surface area contributed by atoms with Crippen LogP contribution in [0.25, 0.3) is 21.6 Å². The number of fused-ring (bicyclic) bond motifs is 1. The third-order valence-electron chi connectivity index (χ3n) is 6.26. The maximum atomic E-state index is 14.6. The zero-order chi connectivity index (χ0) is 24.7. The average Bonchev–Trinajstić information content (AvgIpc) is 3.44. The molecule has 5 rings (SSSR count). The number of hydrogen-bond acceptors (Lipinski definition) is 8. The highest BCUT2D eigenvalue weighted by atomic mass is 32.1. The number of anilines is 1. The maximum Gasteiger partial charge on any atom is 0.185 e. The summed E-state index contributed by atoms with van der Waals surface area (Å²) >= 11 is 1.66. The van der Waals surface area contributed by atoms with E-state index in [0.29, 0.717) is 5.75 Å². The number of ether oxygens (including phenoxy) is 1. The van der Waals surface area contributed by atoms with Gasteiger partial charge in [0.05, 0.1) is 28.1 Å². The molecule has 1 atom stereocenters. The zero-order valence-corrected chi connectivity index (χ0v) is 20.7. The van der Waals surface area contributed by atoms with E-state index in [1.54, 1.807) is 29.5 Å². The molecule has 1 aliphatic heterocycles. The van der Waals surface area contributed by atoms with Crippen molar-refractivity contribution in [3.63, 3.8) is 0 Å². The molecule has 0 spiro atoms. The highest BCUT2D eigenvalue weighted by Gasteiger charge is 2.27.